The molecule has 0 radical (unpaired) electrons. The van der Waals surface area contributed by atoms with E-state index in [4.69, 9.17) is 5.11 Å². The maximum Gasteiger partial charge on any atom is 0.513 e. The number of esters is 1. The lowest BCUT2D eigenvalue weighted by Crippen LogP contribution is -2.04. The van der Waals surface area contributed by atoms with Crippen molar-refractivity contribution in [3.63, 3.8) is 0 Å². The summed E-state index contributed by atoms with van der Waals surface area (Å²) in [5.74, 6) is -0.812. The van der Waals surface area contributed by atoms with Gasteiger partial charge in [0.1, 0.15) is 0 Å². The Bertz CT molecular complexity index is 83.1. The van der Waals surface area contributed by atoms with E-state index in [1.807, 2.05) is 0 Å². The second-order valence-electron chi connectivity index (χ2n) is 0.860. The van der Waals surface area contributed by atoms with Gasteiger partial charge in [-0.1, -0.05) is 0 Å². The van der Waals surface area contributed by atoms with E-state index in [0.29, 0.717) is 0 Å². The Morgan fingerprint density at radius 2 is 2.00 bits per heavy atom. The fraction of sp³-hybridized carbons (Fsp3) is 0.333. The van der Waals surface area contributed by atoms with Crippen LogP contribution in [0.15, 0.2) is 0 Å². The lowest BCUT2D eigenvalue weighted by atomic mass is 10.8. The molecule has 7 heavy (non-hydrogen) atoms. The summed E-state index contributed by atoms with van der Waals surface area (Å²) in [7, 11) is 0. The number of carbonyl (C=O) groups is 2. The smallest absolute Gasteiger partial charge is 0.449 e. The highest BCUT2D eigenvalue weighted by Gasteiger charge is 1.97. The first-order valence-electron chi connectivity index (χ1n) is 1.54. The summed E-state index contributed by atoms with van der Waals surface area (Å²) in [6, 6.07) is 0. The Morgan fingerprint density at radius 1 is 1.57 bits per heavy atom. The molecule has 0 heterocycles. The Hall–Kier alpha value is -1.06. The van der Waals surface area contributed by atoms with Gasteiger partial charge in [0.05, 0.1) is 0 Å². The largest absolute Gasteiger partial charge is 0.513 e. The van der Waals surface area contributed by atoms with Crippen LogP contribution in [-0.4, -0.2) is 17.2 Å². The maximum absolute atomic E-state index is 9.65. The number of hydrogen-bond donors (Lipinski definition) is 1. The lowest BCUT2D eigenvalue weighted by Gasteiger charge is -1.85. The quantitative estimate of drug-likeness (QED) is 0.353. The van der Waals surface area contributed by atoms with Crippen LogP contribution in [0.5, 0.6) is 0 Å². The van der Waals surface area contributed by atoms with E-state index in [0.717, 1.165) is 6.92 Å². The van der Waals surface area contributed by atoms with Crippen molar-refractivity contribution in [2.45, 2.75) is 6.92 Å². The van der Waals surface area contributed by atoms with Crippen LogP contribution >= 0.6 is 0 Å². The van der Waals surface area contributed by atoms with Crippen LogP contribution in [0.1, 0.15) is 6.92 Å². The lowest BCUT2D eigenvalue weighted by molar-refractivity contribution is -0.136. The number of carboxylic acid groups (broad SMARTS) is 1. The molecule has 4 nitrogen and oxygen atoms in total. The standard InChI is InChI=1S/C3H4O4/c1-2(4)7-3(5)6/h1H3,(H,5,6). The molecule has 4 heteroatoms. The zero-order chi connectivity index (χ0) is 5.86. The minimum absolute atomic E-state index is 0.812. The molecule has 0 aliphatic carbocycles. The molecule has 0 aliphatic heterocycles. The van der Waals surface area contributed by atoms with E-state index in [2.05, 4.69) is 4.74 Å². The van der Waals surface area contributed by atoms with Gasteiger partial charge in [-0.15, -0.1) is 0 Å². The van der Waals surface area contributed by atoms with Crippen molar-refractivity contribution in [1.29, 1.82) is 0 Å². The Morgan fingerprint density at radius 3 is 2.00 bits per heavy atom. The molecule has 0 bridgehead atoms. The van der Waals surface area contributed by atoms with E-state index in [1.165, 1.54) is 0 Å². The van der Waals surface area contributed by atoms with Crippen LogP contribution in [0.3, 0.4) is 0 Å². The summed E-state index contributed by atoms with van der Waals surface area (Å²) in [6.45, 7) is 1.02. The molecule has 0 rings (SSSR count). The van der Waals surface area contributed by atoms with Gasteiger partial charge in [-0.2, -0.15) is 0 Å². The SMILES string of the molecule is CC(=O)OC(=O)O. The monoisotopic (exact) mass is 104 g/mol. The van der Waals surface area contributed by atoms with Gasteiger partial charge in [0.2, 0.25) is 0 Å². The Labute approximate surface area is 39.7 Å². The molecule has 0 aromatic rings. The second kappa shape index (κ2) is 2.17. The van der Waals surface area contributed by atoms with Crippen molar-refractivity contribution in [3.8, 4) is 0 Å². The summed E-state index contributed by atoms with van der Waals surface area (Å²) in [5, 5.41) is 7.64. The molecule has 0 aromatic carbocycles. The fourth-order valence-corrected chi connectivity index (χ4v) is 0.123. The fourth-order valence-electron chi connectivity index (χ4n) is 0.123. The molecule has 0 atom stereocenters. The molecule has 0 amide bonds. The molecule has 0 saturated heterocycles. The van der Waals surface area contributed by atoms with Crippen LogP contribution < -0.4 is 0 Å². The molecule has 0 aromatic heterocycles. The van der Waals surface area contributed by atoms with E-state index in [1.54, 1.807) is 0 Å². The highest BCUT2D eigenvalue weighted by Crippen LogP contribution is 1.73. The van der Waals surface area contributed by atoms with E-state index < -0.39 is 12.1 Å². The normalized spacial score (nSPS) is 7.57. The van der Waals surface area contributed by atoms with Crippen molar-refractivity contribution in [2.24, 2.45) is 0 Å². The Kier molecular flexibility index (Phi) is 1.84. The van der Waals surface area contributed by atoms with E-state index in [-0.39, 0.29) is 0 Å². The molecule has 0 unspecified atom stereocenters. The highest BCUT2D eigenvalue weighted by molar-refractivity contribution is 5.78. The minimum Gasteiger partial charge on any atom is -0.449 e. The van der Waals surface area contributed by atoms with Crippen molar-refractivity contribution >= 4 is 12.1 Å². The number of carbonyl (C=O) groups excluding carboxylic acids is 1. The third kappa shape index (κ3) is 4.94. The molecule has 40 valence electrons. The van der Waals surface area contributed by atoms with Crippen molar-refractivity contribution in [2.75, 3.05) is 0 Å². The van der Waals surface area contributed by atoms with Gasteiger partial charge >= 0.3 is 12.1 Å². The first-order chi connectivity index (χ1) is 3.13. The molecule has 0 saturated carbocycles. The van der Waals surface area contributed by atoms with Gasteiger partial charge in [0, 0.05) is 6.92 Å². The first-order valence-corrected chi connectivity index (χ1v) is 1.54. The number of hydrogen-bond acceptors (Lipinski definition) is 3. The van der Waals surface area contributed by atoms with Gasteiger partial charge in [-0.25, -0.2) is 4.79 Å². The van der Waals surface area contributed by atoms with Gasteiger partial charge < -0.3 is 9.84 Å². The van der Waals surface area contributed by atoms with Gasteiger partial charge in [-0.05, 0) is 0 Å². The summed E-state index contributed by atoms with van der Waals surface area (Å²) >= 11 is 0. The van der Waals surface area contributed by atoms with Crippen LogP contribution in [0.2, 0.25) is 0 Å². The minimum atomic E-state index is -1.56. The summed E-state index contributed by atoms with van der Waals surface area (Å²) in [5.41, 5.74) is 0. The topological polar surface area (TPSA) is 63.6 Å². The molecular formula is C3H4O4. The van der Waals surface area contributed by atoms with Crippen molar-refractivity contribution in [1.82, 2.24) is 0 Å². The highest BCUT2D eigenvalue weighted by atomic mass is 16.7. The molecule has 0 aliphatic rings. The average molecular weight is 104 g/mol. The summed E-state index contributed by atoms with van der Waals surface area (Å²) in [6.07, 6.45) is -1.56. The summed E-state index contributed by atoms with van der Waals surface area (Å²) in [4.78, 5) is 19.0. The van der Waals surface area contributed by atoms with Gasteiger partial charge in [0.15, 0.2) is 0 Å². The average Bonchev–Trinajstić information content (AvgIpc) is 1.27. The van der Waals surface area contributed by atoms with E-state index >= 15 is 0 Å². The van der Waals surface area contributed by atoms with E-state index in [9.17, 15) is 9.59 Å². The maximum atomic E-state index is 9.65. The zero-order valence-corrected chi connectivity index (χ0v) is 3.67. The van der Waals surface area contributed by atoms with Crippen molar-refractivity contribution < 1.29 is 19.4 Å². The van der Waals surface area contributed by atoms with Crippen LogP contribution in [0.25, 0.3) is 0 Å². The summed E-state index contributed by atoms with van der Waals surface area (Å²) < 4.78 is 3.53. The molecule has 0 spiro atoms. The molecule has 0 fully saturated rings. The predicted octanol–water partition coefficient (Wildman–Crippen LogP) is 0.228. The number of ether oxygens (including phenoxy) is 1. The van der Waals surface area contributed by atoms with Crippen LogP contribution in [0.4, 0.5) is 4.79 Å². The zero-order valence-electron chi connectivity index (χ0n) is 3.67. The van der Waals surface area contributed by atoms with Crippen molar-refractivity contribution in [3.05, 3.63) is 0 Å². The second-order valence-corrected chi connectivity index (χ2v) is 0.860. The third-order valence-electron chi connectivity index (χ3n) is 0.231. The molecule has 1 N–H and O–H groups in total. The Balaban J connectivity index is 3.32. The van der Waals surface area contributed by atoms with Gasteiger partial charge in [0.25, 0.3) is 0 Å². The van der Waals surface area contributed by atoms with Crippen LogP contribution in [-0.2, 0) is 9.53 Å². The van der Waals surface area contributed by atoms with Gasteiger partial charge in [-0.3, -0.25) is 4.79 Å². The third-order valence-corrected chi connectivity index (χ3v) is 0.231. The predicted molar refractivity (Wildman–Crippen MR) is 19.8 cm³/mol. The van der Waals surface area contributed by atoms with Crippen LogP contribution in [0, 0.1) is 0 Å². The first kappa shape index (κ1) is 5.94. The molecular weight excluding hydrogens is 100 g/mol. The number of rotatable bonds is 0.